The van der Waals surface area contributed by atoms with Crippen LogP contribution in [0.3, 0.4) is 0 Å². The van der Waals surface area contributed by atoms with E-state index in [0.29, 0.717) is 16.1 Å². The van der Waals surface area contributed by atoms with E-state index in [2.05, 4.69) is 23.0 Å². The molecule has 0 fully saturated rings. The molecule has 108 valence electrons. The number of thiophene rings is 1. The van der Waals surface area contributed by atoms with Gasteiger partial charge >= 0.3 is 5.69 Å². The van der Waals surface area contributed by atoms with Gasteiger partial charge < -0.3 is 4.98 Å². The molecule has 3 heterocycles. The van der Waals surface area contributed by atoms with Crippen LogP contribution in [0.1, 0.15) is 31.0 Å². The summed E-state index contributed by atoms with van der Waals surface area (Å²) < 4.78 is 0.548. The van der Waals surface area contributed by atoms with Crippen molar-refractivity contribution in [1.29, 1.82) is 0 Å². The molecule has 1 aliphatic rings. The fourth-order valence-corrected chi connectivity index (χ4v) is 4.21. The second kappa shape index (κ2) is 4.53. The zero-order chi connectivity index (χ0) is 14.6. The highest BCUT2D eigenvalue weighted by Crippen LogP contribution is 2.34. The third-order valence-electron chi connectivity index (χ3n) is 4.40. The summed E-state index contributed by atoms with van der Waals surface area (Å²) in [5.74, 6) is 0.712. The van der Waals surface area contributed by atoms with Crippen LogP contribution in [0.5, 0.6) is 0 Å². The van der Waals surface area contributed by atoms with Gasteiger partial charge in [-0.15, -0.1) is 11.3 Å². The molecule has 1 aliphatic carbocycles. The molecule has 21 heavy (non-hydrogen) atoms. The van der Waals surface area contributed by atoms with Crippen molar-refractivity contribution in [3.05, 3.63) is 38.2 Å². The standard InChI is InChI=1S/C15H15N3O2S/c1-2-7-3-4-10-8(5-7)6-9-11-12(21-14(9)16-10)13(19)18-15(20)17-11/h6-7H,2-5H2,1H3,(H2,17,18,19,20)/t7-/m1/s1. The van der Waals surface area contributed by atoms with Crippen molar-refractivity contribution >= 4 is 31.8 Å². The molecule has 0 aliphatic heterocycles. The number of pyridine rings is 1. The van der Waals surface area contributed by atoms with Gasteiger partial charge in [-0.25, -0.2) is 9.78 Å². The molecule has 0 amide bonds. The van der Waals surface area contributed by atoms with Gasteiger partial charge in [-0.1, -0.05) is 13.3 Å². The molecule has 0 saturated heterocycles. The first-order valence-corrected chi connectivity index (χ1v) is 8.05. The fourth-order valence-electron chi connectivity index (χ4n) is 3.19. The lowest BCUT2D eigenvalue weighted by atomic mass is 9.85. The molecule has 5 nitrogen and oxygen atoms in total. The van der Waals surface area contributed by atoms with Crippen LogP contribution in [-0.2, 0) is 12.8 Å². The second-order valence-electron chi connectivity index (χ2n) is 5.68. The average molecular weight is 301 g/mol. The normalized spacial score (nSPS) is 18.2. The van der Waals surface area contributed by atoms with E-state index in [0.717, 1.165) is 28.8 Å². The van der Waals surface area contributed by atoms with Crippen LogP contribution in [0.4, 0.5) is 0 Å². The molecule has 6 heteroatoms. The Morgan fingerprint density at radius 2 is 2.24 bits per heavy atom. The maximum absolute atomic E-state index is 11.9. The summed E-state index contributed by atoms with van der Waals surface area (Å²) >= 11 is 1.35. The highest BCUT2D eigenvalue weighted by atomic mass is 32.1. The van der Waals surface area contributed by atoms with E-state index in [4.69, 9.17) is 4.98 Å². The van der Waals surface area contributed by atoms with Crippen LogP contribution >= 0.6 is 11.3 Å². The molecule has 3 aromatic heterocycles. The number of aryl methyl sites for hydroxylation is 1. The van der Waals surface area contributed by atoms with Crippen LogP contribution in [0.25, 0.3) is 20.4 Å². The zero-order valence-electron chi connectivity index (χ0n) is 11.7. The summed E-state index contributed by atoms with van der Waals surface area (Å²) in [7, 11) is 0. The predicted molar refractivity (Wildman–Crippen MR) is 84.2 cm³/mol. The van der Waals surface area contributed by atoms with Gasteiger partial charge in [-0.05, 0) is 36.8 Å². The summed E-state index contributed by atoms with van der Waals surface area (Å²) in [6.07, 6.45) is 4.41. The van der Waals surface area contributed by atoms with Gasteiger partial charge in [0, 0.05) is 11.1 Å². The van der Waals surface area contributed by atoms with Crippen molar-refractivity contribution in [3.8, 4) is 0 Å². The van der Waals surface area contributed by atoms with Gasteiger partial charge in [0.1, 0.15) is 9.53 Å². The number of fused-ring (bicyclic) bond motifs is 4. The topological polar surface area (TPSA) is 78.6 Å². The second-order valence-corrected chi connectivity index (χ2v) is 6.68. The van der Waals surface area contributed by atoms with Gasteiger partial charge in [-0.2, -0.15) is 0 Å². The van der Waals surface area contributed by atoms with Gasteiger partial charge in [0.2, 0.25) is 0 Å². The van der Waals surface area contributed by atoms with Crippen molar-refractivity contribution in [2.24, 2.45) is 5.92 Å². The first kappa shape index (κ1) is 12.8. The Kier molecular flexibility index (Phi) is 2.75. The Bertz CT molecular complexity index is 967. The van der Waals surface area contributed by atoms with Gasteiger partial charge in [0.05, 0.1) is 5.52 Å². The number of nitrogens with one attached hydrogen (secondary N) is 2. The first-order chi connectivity index (χ1) is 10.2. The lowest BCUT2D eigenvalue weighted by molar-refractivity contribution is 0.441. The lowest BCUT2D eigenvalue weighted by Crippen LogP contribution is -2.20. The molecule has 0 unspecified atom stereocenters. The van der Waals surface area contributed by atoms with Crippen molar-refractivity contribution in [3.63, 3.8) is 0 Å². The van der Waals surface area contributed by atoms with Crippen LogP contribution in [-0.4, -0.2) is 15.0 Å². The Morgan fingerprint density at radius 3 is 3.05 bits per heavy atom. The van der Waals surface area contributed by atoms with E-state index < -0.39 is 5.69 Å². The van der Waals surface area contributed by atoms with Crippen LogP contribution < -0.4 is 11.2 Å². The minimum absolute atomic E-state index is 0.332. The Labute approximate surface area is 124 Å². The maximum Gasteiger partial charge on any atom is 0.326 e. The van der Waals surface area contributed by atoms with Crippen molar-refractivity contribution in [2.75, 3.05) is 0 Å². The SMILES string of the molecule is CC[C@@H]1CCc2nc3sc4c(=O)[nH]c(=O)[nH]c4c3cc2C1. The number of hydrogen-bond acceptors (Lipinski definition) is 4. The number of rotatable bonds is 1. The average Bonchev–Trinajstić information content (AvgIpc) is 2.82. The number of aromatic amines is 2. The van der Waals surface area contributed by atoms with Crippen LogP contribution in [0, 0.1) is 5.92 Å². The summed E-state index contributed by atoms with van der Waals surface area (Å²) in [5, 5.41) is 0.897. The van der Waals surface area contributed by atoms with E-state index in [1.165, 1.54) is 29.7 Å². The Balaban J connectivity index is 2.03. The van der Waals surface area contributed by atoms with Crippen LogP contribution in [0.15, 0.2) is 15.7 Å². The molecule has 1 atom stereocenters. The molecular formula is C15H15N3O2S. The number of nitrogens with zero attached hydrogens (tertiary/aromatic N) is 1. The molecule has 0 spiro atoms. The summed E-state index contributed by atoms with van der Waals surface area (Å²) in [4.78, 5) is 34.0. The number of aromatic nitrogens is 3. The minimum Gasteiger partial charge on any atom is -0.305 e. The monoisotopic (exact) mass is 301 g/mol. The van der Waals surface area contributed by atoms with E-state index >= 15 is 0 Å². The number of H-pyrrole nitrogens is 2. The third-order valence-corrected chi connectivity index (χ3v) is 5.50. The van der Waals surface area contributed by atoms with E-state index in [-0.39, 0.29) is 5.56 Å². The summed E-state index contributed by atoms with van der Waals surface area (Å²) in [6, 6.07) is 2.12. The summed E-state index contributed by atoms with van der Waals surface area (Å²) in [5.41, 5.74) is 2.24. The van der Waals surface area contributed by atoms with E-state index in [9.17, 15) is 9.59 Å². The first-order valence-electron chi connectivity index (χ1n) is 7.23. The van der Waals surface area contributed by atoms with Crippen molar-refractivity contribution in [2.45, 2.75) is 32.6 Å². The van der Waals surface area contributed by atoms with Crippen molar-refractivity contribution < 1.29 is 0 Å². The van der Waals surface area contributed by atoms with Crippen molar-refractivity contribution in [1.82, 2.24) is 15.0 Å². The highest BCUT2D eigenvalue weighted by molar-refractivity contribution is 7.25. The molecule has 3 aromatic rings. The quantitative estimate of drug-likeness (QED) is 0.724. The Morgan fingerprint density at radius 1 is 1.38 bits per heavy atom. The molecule has 4 rings (SSSR count). The predicted octanol–water partition coefficient (Wildman–Crippen LogP) is 2.34. The minimum atomic E-state index is -0.462. The Hall–Kier alpha value is -1.95. The van der Waals surface area contributed by atoms with E-state index in [1.54, 1.807) is 0 Å². The highest BCUT2D eigenvalue weighted by Gasteiger charge is 2.21. The molecular weight excluding hydrogens is 286 g/mol. The largest absolute Gasteiger partial charge is 0.326 e. The maximum atomic E-state index is 11.9. The fraction of sp³-hybridized carbons (Fsp3) is 0.400. The molecule has 0 aromatic carbocycles. The smallest absolute Gasteiger partial charge is 0.305 e. The van der Waals surface area contributed by atoms with E-state index in [1.807, 2.05) is 0 Å². The van der Waals surface area contributed by atoms with Crippen LogP contribution in [0.2, 0.25) is 0 Å². The molecule has 0 saturated carbocycles. The van der Waals surface area contributed by atoms with Gasteiger partial charge in [0.25, 0.3) is 5.56 Å². The molecule has 2 N–H and O–H groups in total. The van der Waals surface area contributed by atoms with Gasteiger partial charge in [-0.3, -0.25) is 9.78 Å². The molecule has 0 radical (unpaired) electrons. The summed E-state index contributed by atoms with van der Waals surface area (Å²) in [6.45, 7) is 2.22. The van der Waals surface area contributed by atoms with Gasteiger partial charge in [0.15, 0.2) is 0 Å². The third kappa shape index (κ3) is 1.93. The lowest BCUT2D eigenvalue weighted by Gasteiger charge is -2.22. The molecule has 0 bridgehead atoms. The zero-order valence-corrected chi connectivity index (χ0v) is 12.5. The number of hydrogen-bond donors (Lipinski definition) is 2.